The Morgan fingerprint density at radius 2 is 1.82 bits per heavy atom. The van der Waals surface area contributed by atoms with Gasteiger partial charge in [0.1, 0.15) is 5.75 Å². The first-order chi connectivity index (χ1) is 10.8. The van der Waals surface area contributed by atoms with Crippen molar-refractivity contribution >= 4 is 16.7 Å². The zero-order valence-corrected chi connectivity index (χ0v) is 13.1. The first-order valence-corrected chi connectivity index (χ1v) is 8.23. The predicted molar refractivity (Wildman–Crippen MR) is 89.1 cm³/mol. The molecule has 0 unspecified atom stereocenters. The highest BCUT2D eigenvalue weighted by Crippen LogP contribution is 2.27. The molecular formula is C19H23NO2. The lowest BCUT2D eigenvalue weighted by Gasteiger charge is -2.30. The summed E-state index contributed by atoms with van der Waals surface area (Å²) in [6.45, 7) is 3.75. The van der Waals surface area contributed by atoms with Gasteiger partial charge in [-0.3, -0.25) is 4.79 Å². The van der Waals surface area contributed by atoms with Crippen LogP contribution in [0.1, 0.15) is 32.6 Å². The van der Waals surface area contributed by atoms with Crippen LogP contribution in [0.25, 0.3) is 10.8 Å². The molecular weight excluding hydrogens is 274 g/mol. The standard InChI is InChI=1S/C19H23NO2/c1-2-17(19(21)20-13-6-3-7-14-20)22-18-12-8-10-15-9-4-5-11-16(15)18/h4-5,8-12,17H,2-3,6-7,13-14H2,1H3/t17-/m1/s1. The van der Waals surface area contributed by atoms with Gasteiger partial charge in [0.05, 0.1) is 0 Å². The van der Waals surface area contributed by atoms with Crippen molar-refractivity contribution in [1.29, 1.82) is 0 Å². The number of hydrogen-bond donors (Lipinski definition) is 0. The molecule has 2 aromatic rings. The maximum absolute atomic E-state index is 12.7. The minimum absolute atomic E-state index is 0.134. The van der Waals surface area contributed by atoms with Gasteiger partial charge in [-0.1, -0.05) is 43.3 Å². The average molecular weight is 297 g/mol. The molecule has 0 aromatic heterocycles. The summed E-state index contributed by atoms with van der Waals surface area (Å²) in [4.78, 5) is 14.6. The topological polar surface area (TPSA) is 29.5 Å². The largest absolute Gasteiger partial charge is 0.480 e. The van der Waals surface area contributed by atoms with Crippen molar-refractivity contribution in [2.75, 3.05) is 13.1 Å². The Hall–Kier alpha value is -2.03. The van der Waals surface area contributed by atoms with E-state index in [1.807, 2.05) is 42.2 Å². The average Bonchev–Trinajstić information content (AvgIpc) is 2.60. The maximum Gasteiger partial charge on any atom is 0.263 e. The van der Waals surface area contributed by atoms with E-state index in [0.29, 0.717) is 6.42 Å². The van der Waals surface area contributed by atoms with E-state index in [1.165, 1.54) is 6.42 Å². The maximum atomic E-state index is 12.7. The van der Waals surface area contributed by atoms with E-state index in [2.05, 4.69) is 12.1 Å². The highest BCUT2D eigenvalue weighted by Gasteiger charge is 2.26. The first kappa shape index (κ1) is 14.9. The molecule has 1 amide bonds. The van der Waals surface area contributed by atoms with Crippen molar-refractivity contribution in [3.8, 4) is 5.75 Å². The molecule has 1 atom stereocenters. The minimum Gasteiger partial charge on any atom is -0.480 e. The van der Waals surface area contributed by atoms with Crippen LogP contribution in [0.3, 0.4) is 0 Å². The van der Waals surface area contributed by atoms with Gasteiger partial charge in [0.2, 0.25) is 0 Å². The lowest BCUT2D eigenvalue weighted by molar-refractivity contribution is -0.139. The second kappa shape index (κ2) is 6.82. The fourth-order valence-electron chi connectivity index (χ4n) is 3.08. The molecule has 0 N–H and O–H groups in total. The summed E-state index contributed by atoms with van der Waals surface area (Å²) >= 11 is 0. The SMILES string of the molecule is CC[C@@H](Oc1cccc2ccccc12)C(=O)N1CCCCC1. The van der Waals surface area contributed by atoms with E-state index in [1.54, 1.807) is 0 Å². The summed E-state index contributed by atoms with van der Waals surface area (Å²) < 4.78 is 6.10. The van der Waals surface area contributed by atoms with Crippen LogP contribution in [0.2, 0.25) is 0 Å². The minimum atomic E-state index is -0.385. The van der Waals surface area contributed by atoms with Crippen molar-refractivity contribution in [2.45, 2.75) is 38.7 Å². The number of carbonyl (C=O) groups is 1. The smallest absolute Gasteiger partial charge is 0.263 e. The van der Waals surface area contributed by atoms with Crippen molar-refractivity contribution in [3.05, 3.63) is 42.5 Å². The molecule has 0 bridgehead atoms. The third-order valence-corrected chi connectivity index (χ3v) is 4.33. The Morgan fingerprint density at radius 3 is 2.59 bits per heavy atom. The number of benzene rings is 2. The van der Waals surface area contributed by atoms with Gasteiger partial charge in [-0.2, -0.15) is 0 Å². The molecule has 116 valence electrons. The van der Waals surface area contributed by atoms with Crippen LogP contribution in [-0.4, -0.2) is 30.0 Å². The van der Waals surface area contributed by atoms with E-state index in [0.717, 1.165) is 42.5 Å². The van der Waals surface area contributed by atoms with E-state index >= 15 is 0 Å². The fraction of sp³-hybridized carbons (Fsp3) is 0.421. The summed E-state index contributed by atoms with van der Waals surface area (Å²) in [5, 5.41) is 2.20. The second-order valence-corrected chi connectivity index (χ2v) is 5.88. The van der Waals surface area contributed by atoms with Crippen LogP contribution < -0.4 is 4.74 Å². The molecule has 0 saturated carbocycles. The number of carbonyl (C=O) groups excluding carboxylic acids is 1. The summed E-state index contributed by atoms with van der Waals surface area (Å²) in [7, 11) is 0. The van der Waals surface area contributed by atoms with E-state index in [9.17, 15) is 4.79 Å². The molecule has 3 heteroatoms. The second-order valence-electron chi connectivity index (χ2n) is 5.88. The van der Waals surface area contributed by atoms with Crippen LogP contribution in [0.15, 0.2) is 42.5 Å². The molecule has 1 aliphatic heterocycles. The number of fused-ring (bicyclic) bond motifs is 1. The van der Waals surface area contributed by atoms with Crippen LogP contribution in [0.5, 0.6) is 5.75 Å². The van der Waals surface area contributed by atoms with Crippen molar-refractivity contribution < 1.29 is 9.53 Å². The number of hydrogen-bond acceptors (Lipinski definition) is 2. The molecule has 1 heterocycles. The summed E-state index contributed by atoms with van der Waals surface area (Å²) in [5.74, 6) is 0.936. The molecule has 2 aromatic carbocycles. The molecule has 0 radical (unpaired) electrons. The third kappa shape index (κ3) is 3.08. The Labute approximate surface area is 131 Å². The van der Waals surface area contributed by atoms with E-state index in [-0.39, 0.29) is 12.0 Å². The molecule has 3 nitrogen and oxygen atoms in total. The monoisotopic (exact) mass is 297 g/mol. The highest BCUT2D eigenvalue weighted by molar-refractivity contribution is 5.89. The van der Waals surface area contributed by atoms with Gasteiger partial charge in [0, 0.05) is 18.5 Å². The van der Waals surface area contributed by atoms with Gasteiger partial charge in [-0.25, -0.2) is 0 Å². The van der Waals surface area contributed by atoms with Gasteiger partial charge < -0.3 is 9.64 Å². The summed E-state index contributed by atoms with van der Waals surface area (Å²) in [5.41, 5.74) is 0. The number of likely N-dealkylation sites (tertiary alicyclic amines) is 1. The van der Waals surface area contributed by atoms with E-state index < -0.39 is 0 Å². The Morgan fingerprint density at radius 1 is 1.09 bits per heavy atom. The van der Waals surface area contributed by atoms with Gasteiger partial charge in [0.15, 0.2) is 6.10 Å². The van der Waals surface area contributed by atoms with Crippen LogP contribution >= 0.6 is 0 Å². The Balaban J connectivity index is 1.80. The Kier molecular flexibility index (Phi) is 4.62. The third-order valence-electron chi connectivity index (χ3n) is 4.33. The number of ether oxygens (including phenoxy) is 1. The van der Waals surface area contributed by atoms with E-state index in [4.69, 9.17) is 4.74 Å². The quantitative estimate of drug-likeness (QED) is 0.853. The zero-order valence-electron chi connectivity index (χ0n) is 13.1. The van der Waals surface area contributed by atoms with Crippen molar-refractivity contribution in [1.82, 2.24) is 4.90 Å². The molecule has 22 heavy (non-hydrogen) atoms. The Bertz CT molecular complexity index is 641. The lowest BCUT2D eigenvalue weighted by atomic mass is 10.1. The molecule has 3 rings (SSSR count). The highest BCUT2D eigenvalue weighted by atomic mass is 16.5. The molecule has 0 spiro atoms. The van der Waals surface area contributed by atoms with Crippen LogP contribution in [0.4, 0.5) is 0 Å². The van der Waals surface area contributed by atoms with Crippen LogP contribution in [-0.2, 0) is 4.79 Å². The molecule has 0 aliphatic carbocycles. The molecule has 1 saturated heterocycles. The predicted octanol–water partition coefficient (Wildman–Crippen LogP) is 4.01. The van der Waals surface area contributed by atoms with Crippen molar-refractivity contribution in [3.63, 3.8) is 0 Å². The van der Waals surface area contributed by atoms with Gasteiger partial charge in [-0.15, -0.1) is 0 Å². The van der Waals surface area contributed by atoms with Crippen molar-refractivity contribution in [2.24, 2.45) is 0 Å². The number of nitrogens with zero attached hydrogens (tertiary/aromatic N) is 1. The van der Waals surface area contributed by atoms with Gasteiger partial charge in [0.25, 0.3) is 5.91 Å². The number of piperidine rings is 1. The molecule has 1 fully saturated rings. The van der Waals surface area contributed by atoms with Crippen LogP contribution in [0, 0.1) is 0 Å². The van der Waals surface area contributed by atoms with Gasteiger partial charge >= 0.3 is 0 Å². The normalized spacial score (nSPS) is 16.5. The number of amides is 1. The summed E-state index contributed by atoms with van der Waals surface area (Å²) in [6, 6.07) is 14.1. The number of rotatable bonds is 4. The fourth-order valence-corrected chi connectivity index (χ4v) is 3.08. The molecule has 1 aliphatic rings. The summed E-state index contributed by atoms with van der Waals surface area (Å²) in [6.07, 6.45) is 3.75. The van der Waals surface area contributed by atoms with Gasteiger partial charge in [-0.05, 0) is 37.1 Å². The zero-order chi connectivity index (χ0) is 15.4. The lowest BCUT2D eigenvalue weighted by Crippen LogP contribution is -2.44. The first-order valence-electron chi connectivity index (χ1n) is 8.23.